The molecule has 0 aromatic rings. The van der Waals surface area contributed by atoms with Gasteiger partial charge in [0.1, 0.15) is 0 Å². The number of β-amino-alcohol motifs (C(OH)–C–C–N with tert-alkyl or cyclic N) is 1. The minimum Gasteiger partial charge on any atom is -0.387 e. The Kier molecular flexibility index (Phi) is 10.2. The largest absolute Gasteiger partial charge is 0.387 e. The minimum absolute atomic E-state index is 0.397. The number of aliphatic hydroxyl groups is 1. The second-order valence-electron chi connectivity index (χ2n) is 6.57. The van der Waals surface area contributed by atoms with Gasteiger partial charge in [0.25, 0.3) is 0 Å². The predicted molar refractivity (Wildman–Crippen MR) is 96.0 cm³/mol. The van der Waals surface area contributed by atoms with Crippen molar-refractivity contribution in [2.75, 3.05) is 52.5 Å². The highest BCUT2D eigenvalue weighted by molar-refractivity contribution is 5.79. The van der Waals surface area contributed by atoms with Crippen molar-refractivity contribution >= 4 is 5.96 Å². The molecular formula is C17H36N4O2. The topological polar surface area (TPSA) is 69.1 Å². The highest BCUT2D eigenvalue weighted by Gasteiger charge is 2.25. The fraction of sp³-hybridized carbons (Fsp3) is 0.941. The van der Waals surface area contributed by atoms with Crippen molar-refractivity contribution in [2.24, 2.45) is 4.99 Å². The van der Waals surface area contributed by atoms with E-state index in [1.807, 2.05) is 6.92 Å². The van der Waals surface area contributed by atoms with E-state index in [1.165, 1.54) is 19.3 Å². The Bertz CT molecular complexity index is 329. The SMILES string of the molecule is CCCCCCNC(=NCC(C)(O)CN1CCOCC1)NCC. The molecular weight excluding hydrogens is 292 g/mol. The summed E-state index contributed by atoms with van der Waals surface area (Å²) in [4.78, 5) is 6.80. The van der Waals surface area contributed by atoms with Gasteiger partial charge >= 0.3 is 0 Å². The van der Waals surface area contributed by atoms with Crippen LogP contribution in [0.4, 0.5) is 0 Å². The molecule has 0 aliphatic carbocycles. The number of nitrogens with one attached hydrogen (secondary N) is 2. The Hall–Kier alpha value is -0.850. The zero-order chi connectivity index (χ0) is 17.0. The van der Waals surface area contributed by atoms with E-state index < -0.39 is 5.60 Å². The van der Waals surface area contributed by atoms with Crippen LogP contribution in [0.2, 0.25) is 0 Å². The fourth-order valence-corrected chi connectivity index (χ4v) is 2.64. The van der Waals surface area contributed by atoms with Crippen LogP contribution in [0, 0.1) is 0 Å². The maximum absolute atomic E-state index is 10.6. The molecule has 0 spiro atoms. The van der Waals surface area contributed by atoms with Crippen molar-refractivity contribution in [3.8, 4) is 0 Å². The molecule has 1 rings (SSSR count). The van der Waals surface area contributed by atoms with Gasteiger partial charge < -0.3 is 20.5 Å². The van der Waals surface area contributed by atoms with Gasteiger partial charge in [-0.25, -0.2) is 0 Å². The lowest BCUT2D eigenvalue weighted by atomic mass is 10.1. The van der Waals surface area contributed by atoms with Crippen LogP contribution in [0.5, 0.6) is 0 Å². The summed E-state index contributed by atoms with van der Waals surface area (Å²) in [6.07, 6.45) is 4.93. The van der Waals surface area contributed by atoms with Crippen LogP contribution >= 0.6 is 0 Å². The van der Waals surface area contributed by atoms with Crippen LogP contribution in [-0.2, 0) is 4.74 Å². The molecule has 1 fully saturated rings. The number of hydrogen-bond acceptors (Lipinski definition) is 4. The molecule has 6 heteroatoms. The summed E-state index contributed by atoms with van der Waals surface area (Å²) in [7, 11) is 0. The quantitative estimate of drug-likeness (QED) is 0.319. The smallest absolute Gasteiger partial charge is 0.191 e. The van der Waals surface area contributed by atoms with E-state index >= 15 is 0 Å². The first-order valence-electron chi connectivity index (χ1n) is 9.12. The van der Waals surface area contributed by atoms with Crippen molar-refractivity contribution in [3.05, 3.63) is 0 Å². The van der Waals surface area contributed by atoms with E-state index in [0.29, 0.717) is 13.1 Å². The number of hydrogen-bond donors (Lipinski definition) is 3. The molecule has 0 bridgehead atoms. The van der Waals surface area contributed by atoms with E-state index in [4.69, 9.17) is 4.74 Å². The van der Waals surface area contributed by atoms with Crippen LogP contribution in [0.15, 0.2) is 4.99 Å². The third kappa shape index (κ3) is 9.79. The number of aliphatic imine (C=N–C) groups is 1. The van der Waals surface area contributed by atoms with Crippen LogP contribution < -0.4 is 10.6 Å². The van der Waals surface area contributed by atoms with Crippen LogP contribution in [0.1, 0.15) is 46.5 Å². The summed E-state index contributed by atoms with van der Waals surface area (Å²) in [6.45, 7) is 12.2. The maximum atomic E-state index is 10.6. The monoisotopic (exact) mass is 328 g/mol. The zero-order valence-electron chi connectivity index (χ0n) is 15.2. The highest BCUT2D eigenvalue weighted by Crippen LogP contribution is 2.09. The van der Waals surface area contributed by atoms with Crippen molar-refractivity contribution in [1.82, 2.24) is 15.5 Å². The first-order valence-corrected chi connectivity index (χ1v) is 9.12. The van der Waals surface area contributed by atoms with Crippen molar-refractivity contribution in [1.29, 1.82) is 0 Å². The summed E-state index contributed by atoms with van der Waals surface area (Å²) in [5, 5.41) is 17.2. The summed E-state index contributed by atoms with van der Waals surface area (Å²) < 4.78 is 5.35. The summed E-state index contributed by atoms with van der Waals surface area (Å²) >= 11 is 0. The van der Waals surface area contributed by atoms with Crippen molar-refractivity contribution in [3.63, 3.8) is 0 Å². The third-order valence-electron chi connectivity index (χ3n) is 3.91. The Morgan fingerprint density at radius 2 is 1.91 bits per heavy atom. The van der Waals surface area contributed by atoms with Crippen LogP contribution in [0.3, 0.4) is 0 Å². The van der Waals surface area contributed by atoms with Gasteiger partial charge in [-0.3, -0.25) is 9.89 Å². The van der Waals surface area contributed by atoms with Gasteiger partial charge in [-0.15, -0.1) is 0 Å². The number of ether oxygens (including phenoxy) is 1. The van der Waals surface area contributed by atoms with Gasteiger partial charge in [0, 0.05) is 32.7 Å². The number of morpholine rings is 1. The van der Waals surface area contributed by atoms with E-state index in [-0.39, 0.29) is 0 Å². The van der Waals surface area contributed by atoms with Gasteiger partial charge in [-0.2, -0.15) is 0 Å². The Labute approximate surface area is 141 Å². The van der Waals surface area contributed by atoms with E-state index in [9.17, 15) is 5.11 Å². The molecule has 1 atom stereocenters. The molecule has 1 aliphatic heterocycles. The molecule has 0 radical (unpaired) electrons. The Balaban J connectivity index is 2.37. The Morgan fingerprint density at radius 3 is 2.57 bits per heavy atom. The second-order valence-corrected chi connectivity index (χ2v) is 6.57. The van der Waals surface area contributed by atoms with E-state index in [2.05, 4.69) is 34.4 Å². The normalized spacial score (nSPS) is 19.4. The van der Waals surface area contributed by atoms with E-state index in [0.717, 1.165) is 51.8 Å². The summed E-state index contributed by atoms with van der Waals surface area (Å²) in [5.41, 5.74) is -0.818. The van der Waals surface area contributed by atoms with Gasteiger partial charge in [0.15, 0.2) is 5.96 Å². The molecule has 0 saturated carbocycles. The average molecular weight is 329 g/mol. The molecule has 6 nitrogen and oxygen atoms in total. The zero-order valence-corrected chi connectivity index (χ0v) is 15.2. The predicted octanol–water partition coefficient (Wildman–Crippen LogP) is 1.21. The molecule has 136 valence electrons. The molecule has 1 heterocycles. The second kappa shape index (κ2) is 11.6. The lowest BCUT2D eigenvalue weighted by molar-refractivity contribution is -0.0179. The summed E-state index contributed by atoms with van der Waals surface area (Å²) in [6, 6.07) is 0. The fourth-order valence-electron chi connectivity index (χ4n) is 2.64. The molecule has 0 aromatic carbocycles. The number of rotatable bonds is 10. The Morgan fingerprint density at radius 1 is 1.17 bits per heavy atom. The van der Waals surface area contributed by atoms with E-state index in [1.54, 1.807) is 0 Å². The standard InChI is InChI=1S/C17H36N4O2/c1-4-6-7-8-9-19-16(18-5-2)20-14-17(3,22)15-21-10-12-23-13-11-21/h22H,4-15H2,1-3H3,(H2,18,19,20). The third-order valence-corrected chi connectivity index (χ3v) is 3.91. The van der Waals surface area contributed by atoms with Crippen LogP contribution in [0.25, 0.3) is 0 Å². The maximum Gasteiger partial charge on any atom is 0.191 e. The molecule has 1 saturated heterocycles. The molecule has 0 aromatic heterocycles. The van der Waals surface area contributed by atoms with Crippen LogP contribution in [-0.4, -0.2) is 74.0 Å². The number of unbranched alkanes of at least 4 members (excludes halogenated alkanes) is 3. The molecule has 1 aliphatic rings. The molecule has 3 N–H and O–H groups in total. The first-order chi connectivity index (χ1) is 11.1. The van der Waals surface area contributed by atoms with Gasteiger partial charge in [-0.1, -0.05) is 26.2 Å². The van der Waals surface area contributed by atoms with Gasteiger partial charge in [-0.05, 0) is 20.3 Å². The average Bonchev–Trinajstić information content (AvgIpc) is 2.53. The molecule has 0 amide bonds. The first kappa shape index (κ1) is 20.2. The molecule has 1 unspecified atom stereocenters. The minimum atomic E-state index is -0.818. The van der Waals surface area contributed by atoms with Crippen molar-refractivity contribution < 1.29 is 9.84 Å². The number of nitrogens with zero attached hydrogens (tertiary/aromatic N) is 2. The lowest BCUT2D eigenvalue weighted by Gasteiger charge is -2.33. The van der Waals surface area contributed by atoms with Crippen molar-refractivity contribution in [2.45, 2.75) is 52.1 Å². The highest BCUT2D eigenvalue weighted by atomic mass is 16.5. The molecule has 23 heavy (non-hydrogen) atoms. The van der Waals surface area contributed by atoms with Gasteiger partial charge in [0.05, 0.1) is 25.4 Å². The van der Waals surface area contributed by atoms with Gasteiger partial charge in [0.2, 0.25) is 0 Å². The number of guanidine groups is 1. The lowest BCUT2D eigenvalue weighted by Crippen LogP contribution is -2.48. The summed E-state index contributed by atoms with van der Waals surface area (Å²) in [5.74, 6) is 0.797.